The Labute approximate surface area is 101 Å². The van der Waals surface area contributed by atoms with Crippen LogP contribution >= 0.6 is 0 Å². The zero-order valence-electron chi connectivity index (χ0n) is 10.0. The number of hydrogen-bond acceptors (Lipinski definition) is 3. The van der Waals surface area contributed by atoms with Crippen LogP contribution in [0.25, 0.3) is 0 Å². The van der Waals surface area contributed by atoms with Crippen molar-refractivity contribution in [2.75, 3.05) is 18.4 Å². The van der Waals surface area contributed by atoms with Gasteiger partial charge in [-0.2, -0.15) is 0 Å². The van der Waals surface area contributed by atoms with Crippen molar-refractivity contribution in [1.29, 1.82) is 0 Å². The van der Waals surface area contributed by atoms with Crippen LogP contribution < -0.4 is 15.4 Å². The summed E-state index contributed by atoms with van der Waals surface area (Å²) in [4.78, 5) is 10.9. The van der Waals surface area contributed by atoms with Gasteiger partial charge in [0.2, 0.25) is 5.91 Å². The van der Waals surface area contributed by atoms with Gasteiger partial charge in [-0.3, -0.25) is 4.79 Å². The second-order valence-electron chi connectivity index (χ2n) is 4.29. The van der Waals surface area contributed by atoms with Gasteiger partial charge in [-0.1, -0.05) is 0 Å². The Morgan fingerprint density at radius 1 is 1.41 bits per heavy atom. The Morgan fingerprint density at radius 2 is 2.18 bits per heavy atom. The molecule has 17 heavy (non-hydrogen) atoms. The fourth-order valence-electron chi connectivity index (χ4n) is 1.93. The molecule has 92 valence electrons. The third-order valence-corrected chi connectivity index (χ3v) is 2.73. The van der Waals surface area contributed by atoms with Crippen molar-refractivity contribution in [1.82, 2.24) is 5.32 Å². The summed E-state index contributed by atoms with van der Waals surface area (Å²) in [6.07, 6.45) is 2.52. The summed E-state index contributed by atoms with van der Waals surface area (Å²) >= 11 is 0. The third kappa shape index (κ3) is 3.75. The highest BCUT2D eigenvalue weighted by Crippen LogP contribution is 2.18. The number of nitrogens with one attached hydrogen (secondary N) is 2. The van der Waals surface area contributed by atoms with E-state index < -0.39 is 0 Å². The van der Waals surface area contributed by atoms with Crippen LogP contribution in [0.15, 0.2) is 24.3 Å². The monoisotopic (exact) mass is 234 g/mol. The Bertz CT molecular complexity index is 370. The third-order valence-electron chi connectivity index (χ3n) is 2.73. The molecular formula is C13H18N2O2. The van der Waals surface area contributed by atoms with Crippen molar-refractivity contribution in [2.24, 2.45) is 0 Å². The molecule has 2 N–H and O–H groups in total. The number of amides is 1. The summed E-state index contributed by atoms with van der Waals surface area (Å²) in [7, 11) is 0. The van der Waals surface area contributed by atoms with Crippen LogP contribution in [-0.2, 0) is 4.79 Å². The van der Waals surface area contributed by atoms with Gasteiger partial charge in [0, 0.05) is 19.2 Å². The van der Waals surface area contributed by atoms with Crippen LogP contribution in [0, 0.1) is 0 Å². The summed E-state index contributed by atoms with van der Waals surface area (Å²) in [5.74, 6) is 0.794. The number of ether oxygens (including phenoxy) is 1. The first-order valence-corrected chi connectivity index (χ1v) is 5.99. The second kappa shape index (κ2) is 5.68. The molecule has 1 atom stereocenters. The number of piperidine rings is 1. The lowest BCUT2D eigenvalue weighted by Crippen LogP contribution is -2.37. The molecule has 0 saturated carbocycles. The number of carbonyl (C=O) groups excluding carboxylic acids is 1. The number of carbonyl (C=O) groups is 1. The van der Waals surface area contributed by atoms with Gasteiger partial charge in [-0.15, -0.1) is 0 Å². The van der Waals surface area contributed by atoms with Crippen LogP contribution in [0.4, 0.5) is 5.69 Å². The molecule has 0 radical (unpaired) electrons. The van der Waals surface area contributed by atoms with Crippen molar-refractivity contribution in [3.8, 4) is 5.75 Å². The molecule has 4 heteroatoms. The van der Waals surface area contributed by atoms with Crippen molar-refractivity contribution < 1.29 is 9.53 Å². The van der Waals surface area contributed by atoms with Crippen molar-refractivity contribution in [3.63, 3.8) is 0 Å². The molecule has 1 aromatic rings. The van der Waals surface area contributed by atoms with Crippen molar-refractivity contribution >= 4 is 11.6 Å². The first-order valence-electron chi connectivity index (χ1n) is 5.99. The summed E-state index contributed by atoms with van der Waals surface area (Å²) in [5.41, 5.74) is 0.798. The predicted octanol–water partition coefficient (Wildman–Crippen LogP) is 1.78. The molecule has 1 amide bonds. The summed E-state index contributed by atoms with van der Waals surface area (Å²) in [6.45, 7) is 3.49. The molecule has 0 bridgehead atoms. The summed E-state index contributed by atoms with van der Waals surface area (Å²) in [5, 5.41) is 6.04. The molecular weight excluding hydrogens is 216 g/mol. The van der Waals surface area contributed by atoms with E-state index in [2.05, 4.69) is 10.6 Å². The van der Waals surface area contributed by atoms with E-state index in [9.17, 15) is 4.79 Å². The Kier molecular flexibility index (Phi) is 3.98. The van der Waals surface area contributed by atoms with E-state index in [4.69, 9.17) is 4.74 Å². The molecule has 1 aliphatic heterocycles. The van der Waals surface area contributed by atoms with Crippen LogP contribution in [0.5, 0.6) is 5.75 Å². The zero-order chi connectivity index (χ0) is 12.1. The largest absolute Gasteiger partial charge is 0.489 e. The van der Waals surface area contributed by atoms with Gasteiger partial charge in [-0.25, -0.2) is 0 Å². The Balaban J connectivity index is 1.90. The highest BCUT2D eigenvalue weighted by atomic mass is 16.5. The topological polar surface area (TPSA) is 50.4 Å². The number of rotatable bonds is 3. The number of anilines is 1. The molecule has 0 spiro atoms. The van der Waals surface area contributed by atoms with E-state index in [0.29, 0.717) is 0 Å². The lowest BCUT2D eigenvalue weighted by Gasteiger charge is -2.24. The normalized spacial score (nSPS) is 19.7. The quantitative estimate of drug-likeness (QED) is 0.838. The van der Waals surface area contributed by atoms with E-state index in [0.717, 1.165) is 37.4 Å². The van der Waals surface area contributed by atoms with E-state index in [1.54, 1.807) is 0 Å². The van der Waals surface area contributed by atoms with Gasteiger partial charge in [0.25, 0.3) is 0 Å². The smallest absolute Gasteiger partial charge is 0.221 e. The number of benzene rings is 1. The molecule has 1 heterocycles. The molecule has 1 fully saturated rings. The van der Waals surface area contributed by atoms with Gasteiger partial charge in [0.05, 0.1) is 0 Å². The minimum atomic E-state index is -0.0600. The van der Waals surface area contributed by atoms with Crippen LogP contribution in [0.2, 0.25) is 0 Å². The van der Waals surface area contributed by atoms with Gasteiger partial charge < -0.3 is 15.4 Å². The van der Waals surface area contributed by atoms with E-state index in [1.165, 1.54) is 6.92 Å². The minimum Gasteiger partial charge on any atom is -0.489 e. The highest BCUT2D eigenvalue weighted by Gasteiger charge is 2.13. The van der Waals surface area contributed by atoms with Crippen molar-refractivity contribution in [3.05, 3.63) is 24.3 Å². The van der Waals surface area contributed by atoms with Gasteiger partial charge in [0.1, 0.15) is 11.9 Å². The molecule has 4 nitrogen and oxygen atoms in total. The predicted molar refractivity (Wildman–Crippen MR) is 67.3 cm³/mol. The average Bonchev–Trinajstić information content (AvgIpc) is 2.32. The lowest BCUT2D eigenvalue weighted by atomic mass is 10.1. The van der Waals surface area contributed by atoms with Crippen molar-refractivity contribution in [2.45, 2.75) is 25.9 Å². The fourth-order valence-corrected chi connectivity index (χ4v) is 1.93. The molecule has 1 aliphatic rings. The van der Waals surface area contributed by atoms with Crippen LogP contribution in [0.1, 0.15) is 19.8 Å². The standard InChI is InChI=1S/C13H18N2O2/c1-10(16)15-11-4-6-12(7-5-11)17-13-3-2-8-14-9-13/h4-7,13-14H,2-3,8-9H2,1H3,(H,15,16). The Hall–Kier alpha value is -1.55. The van der Waals surface area contributed by atoms with Gasteiger partial charge in [0.15, 0.2) is 0 Å². The lowest BCUT2D eigenvalue weighted by molar-refractivity contribution is -0.114. The highest BCUT2D eigenvalue weighted by molar-refractivity contribution is 5.88. The maximum absolute atomic E-state index is 10.9. The second-order valence-corrected chi connectivity index (χ2v) is 4.29. The maximum Gasteiger partial charge on any atom is 0.221 e. The first-order chi connectivity index (χ1) is 8.24. The molecule has 0 aliphatic carbocycles. The summed E-state index contributed by atoms with van der Waals surface area (Å²) in [6, 6.07) is 7.49. The van der Waals surface area contributed by atoms with Gasteiger partial charge in [-0.05, 0) is 43.7 Å². The van der Waals surface area contributed by atoms with E-state index in [1.807, 2.05) is 24.3 Å². The molecule has 1 unspecified atom stereocenters. The van der Waals surface area contributed by atoms with Crippen LogP contribution in [-0.4, -0.2) is 25.1 Å². The molecule has 0 aromatic heterocycles. The minimum absolute atomic E-state index is 0.0600. The summed E-state index contributed by atoms with van der Waals surface area (Å²) < 4.78 is 5.84. The molecule has 1 saturated heterocycles. The maximum atomic E-state index is 10.9. The average molecular weight is 234 g/mol. The van der Waals surface area contributed by atoms with E-state index in [-0.39, 0.29) is 12.0 Å². The Morgan fingerprint density at radius 3 is 2.76 bits per heavy atom. The zero-order valence-corrected chi connectivity index (χ0v) is 10.0. The van der Waals surface area contributed by atoms with E-state index >= 15 is 0 Å². The molecule has 2 rings (SSSR count). The van der Waals surface area contributed by atoms with Crippen LogP contribution in [0.3, 0.4) is 0 Å². The fraction of sp³-hybridized carbons (Fsp3) is 0.462. The number of hydrogen-bond donors (Lipinski definition) is 2. The first kappa shape index (κ1) is 11.9. The molecule has 1 aromatic carbocycles. The SMILES string of the molecule is CC(=O)Nc1ccc(OC2CCCNC2)cc1. The van der Waals surface area contributed by atoms with Gasteiger partial charge >= 0.3 is 0 Å².